The zero-order chi connectivity index (χ0) is 16.2. The summed E-state index contributed by atoms with van der Waals surface area (Å²) in [6.07, 6.45) is 4.58. The molecule has 5 heteroatoms. The Bertz CT molecular complexity index is 581. The van der Waals surface area contributed by atoms with Crippen LogP contribution >= 0.6 is 0 Å². The van der Waals surface area contributed by atoms with Crippen LogP contribution in [0, 0.1) is 23.2 Å². The highest BCUT2D eigenvalue weighted by Crippen LogP contribution is 2.61. The molecule has 0 bridgehead atoms. The lowest BCUT2D eigenvalue weighted by atomic mass is 9.67. The first kappa shape index (κ1) is 15.2. The van der Waals surface area contributed by atoms with E-state index in [9.17, 15) is 0 Å². The fourth-order valence-corrected chi connectivity index (χ4v) is 4.65. The fraction of sp³-hybridized carbons (Fsp3) is 0.778. The minimum absolute atomic E-state index is 0.434. The number of nitrogens with one attached hydrogen (secondary N) is 2. The van der Waals surface area contributed by atoms with Gasteiger partial charge in [0.2, 0.25) is 0 Å². The van der Waals surface area contributed by atoms with Crippen LogP contribution in [0.5, 0.6) is 0 Å². The van der Waals surface area contributed by atoms with Crippen LogP contribution in [0.25, 0.3) is 0 Å². The Morgan fingerprint density at radius 3 is 2.78 bits per heavy atom. The summed E-state index contributed by atoms with van der Waals surface area (Å²) in [5, 5.41) is 15.6. The highest BCUT2D eigenvalue weighted by molar-refractivity contribution is 5.54. The lowest BCUT2D eigenvalue weighted by molar-refractivity contribution is 0.121. The number of rotatable bonds is 4. The summed E-state index contributed by atoms with van der Waals surface area (Å²) >= 11 is 0. The van der Waals surface area contributed by atoms with Gasteiger partial charge in [-0.25, -0.2) is 0 Å². The molecule has 1 aromatic rings. The van der Waals surface area contributed by atoms with E-state index in [0.29, 0.717) is 23.4 Å². The second-order valence-corrected chi connectivity index (χ2v) is 8.39. The van der Waals surface area contributed by atoms with Crippen molar-refractivity contribution >= 4 is 11.5 Å². The molecule has 4 atom stereocenters. The number of likely N-dealkylation sites (N-methyl/N-ethyl adjacent to an activating group) is 1. The van der Waals surface area contributed by atoms with Crippen LogP contribution in [0.2, 0.25) is 0 Å². The van der Waals surface area contributed by atoms with Crippen molar-refractivity contribution in [3.63, 3.8) is 0 Å². The van der Waals surface area contributed by atoms with Crippen LogP contribution < -0.4 is 15.5 Å². The molecule has 23 heavy (non-hydrogen) atoms. The molecule has 1 saturated heterocycles. The van der Waals surface area contributed by atoms with E-state index < -0.39 is 0 Å². The summed E-state index contributed by atoms with van der Waals surface area (Å²) < 4.78 is 0. The van der Waals surface area contributed by atoms with E-state index in [2.05, 4.69) is 52.6 Å². The fourth-order valence-electron chi connectivity index (χ4n) is 4.65. The van der Waals surface area contributed by atoms with Gasteiger partial charge in [-0.1, -0.05) is 20.8 Å². The van der Waals surface area contributed by atoms with Crippen molar-refractivity contribution in [2.75, 3.05) is 30.4 Å². The van der Waals surface area contributed by atoms with Gasteiger partial charge in [0.05, 0.1) is 11.9 Å². The smallest absolute Gasteiger partial charge is 0.150 e. The summed E-state index contributed by atoms with van der Waals surface area (Å²) in [5.41, 5.74) is 1.62. The van der Waals surface area contributed by atoms with E-state index in [-0.39, 0.29) is 0 Å². The van der Waals surface area contributed by atoms with Gasteiger partial charge < -0.3 is 15.5 Å². The van der Waals surface area contributed by atoms with Crippen LogP contribution in [-0.2, 0) is 0 Å². The molecule has 1 aromatic heterocycles. The molecule has 3 unspecified atom stereocenters. The van der Waals surface area contributed by atoms with Crippen molar-refractivity contribution in [1.29, 1.82) is 0 Å². The van der Waals surface area contributed by atoms with E-state index in [1.54, 1.807) is 0 Å². The Labute approximate surface area is 139 Å². The average molecular weight is 315 g/mol. The molecular formula is C18H29N5. The number of anilines is 2. The molecule has 5 nitrogen and oxygen atoms in total. The third-order valence-corrected chi connectivity index (χ3v) is 6.84. The molecule has 2 heterocycles. The summed E-state index contributed by atoms with van der Waals surface area (Å²) in [6.45, 7) is 9.39. The predicted octanol–water partition coefficient (Wildman–Crippen LogP) is 2.37. The van der Waals surface area contributed by atoms with Crippen LogP contribution in [-0.4, -0.2) is 42.4 Å². The Morgan fingerprint density at radius 1 is 1.26 bits per heavy atom. The Kier molecular flexibility index (Phi) is 3.52. The zero-order valence-corrected chi connectivity index (χ0v) is 14.7. The normalized spacial score (nSPS) is 35.4. The van der Waals surface area contributed by atoms with E-state index >= 15 is 0 Å². The van der Waals surface area contributed by atoms with Gasteiger partial charge in [-0.3, -0.25) is 0 Å². The minimum atomic E-state index is 0.434. The monoisotopic (exact) mass is 315 g/mol. The van der Waals surface area contributed by atoms with E-state index in [4.69, 9.17) is 0 Å². The second-order valence-electron chi connectivity index (χ2n) is 8.39. The van der Waals surface area contributed by atoms with Gasteiger partial charge in [0.1, 0.15) is 0 Å². The van der Waals surface area contributed by atoms with Crippen LogP contribution in [0.4, 0.5) is 11.5 Å². The quantitative estimate of drug-likeness (QED) is 0.893. The molecule has 3 fully saturated rings. The third-order valence-electron chi connectivity index (χ3n) is 6.84. The van der Waals surface area contributed by atoms with Crippen molar-refractivity contribution in [3.8, 4) is 0 Å². The van der Waals surface area contributed by atoms with Crippen molar-refractivity contribution in [1.82, 2.24) is 15.5 Å². The van der Waals surface area contributed by atoms with Gasteiger partial charge in [-0.2, -0.15) is 5.10 Å². The molecule has 0 aromatic carbocycles. The van der Waals surface area contributed by atoms with Gasteiger partial charge in [-0.15, -0.1) is 5.10 Å². The molecule has 2 aliphatic carbocycles. The molecule has 0 amide bonds. The summed E-state index contributed by atoms with van der Waals surface area (Å²) in [7, 11) is 2.02. The van der Waals surface area contributed by atoms with E-state index in [0.717, 1.165) is 30.7 Å². The molecule has 0 radical (unpaired) electrons. The van der Waals surface area contributed by atoms with Gasteiger partial charge in [-0.05, 0) is 43.1 Å². The van der Waals surface area contributed by atoms with Crippen molar-refractivity contribution < 1.29 is 0 Å². The average Bonchev–Trinajstić information content (AvgIpc) is 3.25. The largest absolute Gasteiger partial charge is 0.367 e. The Morgan fingerprint density at radius 2 is 2.04 bits per heavy atom. The first-order valence-electron chi connectivity index (χ1n) is 9.00. The standard InChI is InChI=1S/C18H29N5/c1-11-16(6-12-5-15(12)18(11,2)3)21-17-7-14(8-20-22-17)23-9-13(10-23)19-4/h7-8,11-13,15-16,19H,5-6,9-10H2,1-4H3,(H,21,22)/t11?,12-,15?,16?/m1/s1. The number of hydrogen-bond donors (Lipinski definition) is 2. The molecule has 3 aliphatic rings. The maximum Gasteiger partial charge on any atom is 0.150 e. The molecule has 0 spiro atoms. The number of hydrogen-bond acceptors (Lipinski definition) is 5. The van der Waals surface area contributed by atoms with Gasteiger partial charge in [0.25, 0.3) is 0 Å². The summed E-state index contributed by atoms with van der Waals surface area (Å²) in [6, 6.07) is 3.28. The van der Waals surface area contributed by atoms with E-state index in [1.807, 2.05) is 13.2 Å². The first-order valence-corrected chi connectivity index (χ1v) is 9.00. The third kappa shape index (κ3) is 2.59. The first-order chi connectivity index (χ1) is 11.0. The lowest BCUT2D eigenvalue weighted by Gasteiger charge is -2.43. The molecule has 4 rings (SSSR count). The molecular weight excluding hydrogens is 286 g/mol. The predicted molar refractivity (Wildman–Crippen MR) is 93.7 cm³/mol. The highest BCUT2D eigenvalue weighted by atomic mass is 15.3. The van der Waals surface area contributed by atoms with Gasteiger partial charge in [0, 0.05) is 31.2 Å². The Hall–Kier alpha value is -1.36. The number of aromatic nitrogens is 2. The maximum atomic E-state index is 4.33. The molecule has 126 valence electrons. The molecule has 1 aliphatic heterocycles. The Balaban J connectivity index is 1.45. The number of fused-ring (bicyclic) bond motifs is 1. The second kappa shape index (κ2) is 5.33. The summed E-state index contributed by atoms with van der Waals surface area (Å²) in [4.78, 5) is 2.35. The maximum absolute atomic E-state index is 4.33. The van der Waals surface area contributed by atoms with Crippen molar-refractivity contribution in [2.45, 2.75) is 45.7 Å². The molecule has 2 N–H and O–H groups in total. The van der Waals surface area contributed by atoms with E-state index in [1.165, 1.54) is 18.5 Å². The van der Waals surface area contributed by atoms with Crippen molar-refractivity contribution in [2.24, 2.45) is 23.2 Å². The topological polar surface area (TPSA) is 53.1 Å². The summed E-state index contributed by atoms with van der Waals surface area (Å²) in [5.74, 6) is 3.45. The highest BCUT2D eigenvalue weighted by Gasteiger charge is 2.56. The van der Waals surface area contributed by atoms with Crippen molar-refractivity contribution in [3.05, 3.63) is 12.3 Å². The number of nitrogens with zero attached hydrogens (tertiary/aromatic N) is 3. The van der Waals surface area contributed by atoms with Gasteiger partial charge >= 0.3 is 0 Å². The van der Waals surface area contributed by atoms with Crippen LogP contribution in [0.15, 0.2) is 12.3 Å². The van der Waals surface area contributed by atoms with Crippen LogP contribution in [0.3, 0.4) is 0 Å². The van der Waals surface area contributed by atoms with Crippen LogP contribution in [0.1, 0.15) is 33.6 Å². The minimum Gasteiger partial charge on any atom is -0.367 e. The molecule has 2 saturated carbocycles. The van der Waals surface area contributed by atoms with Gasteiger partial charge in [0.15, 0.2) is 5.82 Å². The lowest BCUT2D eigenvalue weighted by Crippen LogP contribution is -2.57. The zero-order valence-electron chi connectivity index (χ0n) is 14.7. The SMILES string of the molecule is CNC1CN(c2cnnc(NC3C[C@H]4CC4C(C)(C)C3C)c2)C1.